The van der Waals surface area contributed by atoms with Gasteiger partial charge in [0.2, 0.25) is 5.91 Å². The van der Waals surface area contributed by atoms with Gasteiger partial charge in [-0.2, -0.15) is 0 Å². The summed E-state index contributed by atoms with van der Waals surface area (Å²) in [4.78, 5) is 14.5. The summed E-state index contributed by atoms with van der Waals surface area (Å²) >= 11 is 0. The maximum absolute atomic E-state index is 12.5. The van der Waals surface area contributed by atoms with Gasteiger partial charge >= 0.3 is 0 Å². The van der Waals surface area contributed by atoms with Crippen molar-refractivity contribution in [2.24, 2.45) is 0 Å². The predicted octanol–water partition coefficient (Wildman–Crippen LogP) is 2.74. The zero-order valence-electron chi connectivity index (χ0n) is 12.9. The van der Waals surface area contributed by atoms with Crippen LogP contribution in [-0.2, 0) is 17.8 Å². The van der Waals surface area contributed by atoms with Gasteiger partial charge in [0.1, 0.15) is 0 Å². The lowest BCUT2D eigenvalue weighted by atomic mass is 10.0. The fourth-order valence-corrected chi connectivity index (χ4v) is 2.92. The normalized spacial score (nSPS) is 19.7. The van der Waals surface area contributed by atoms with Crippen LogP contribution in [0.15, 0.2) is 24.3 Å². The van der Waals surface area contributed by atoms with Crippen molar-refractivity contribution in [2.45, 2.75) is 58.7 Å². The fraction of sp³-hybridized carbons (Fsp3) is 0.588. The molecule has 1 aliphatic rings. The van der Waals surface area contributed by atoms with Crippen LogP contribution in [0, 0.1) is 0 Å². The summed E-state index contributed by atoms with van der Waals surface area (Å²) < 4.78 is 0. The quantitative estimate of drug-likeness (QED) is 0.895. The van der Waals surface area contributed by atoms with Crippen molar-refractivity contribution < 1.29 is 4.79 Å². The third-order valence-corrected chi connectivity index (χ3v) is 3.93. The number of carbonyl (C=O) groups is 1. The van der Waals surface area contributed by atoms with Crippen molar-refractivity contribution in [2.75, 3.05) is 6.54 Å². The Labute approximate surface area is 122 Å². The van der Waals surface area contributed by atoms with Gasteiger partial charge in [0, 0.05) is 19.1 Å². The molecule has 1 amide bonds. The molecule has 20 heavy (non-hydrogen) atoms. The van der Waals surface area contributed by atoms with Crippen LogP contribution in [0.4, 0.5) is 0 Å². The van der Waals surface area contributed by atoms with Crippen LogP contribution in [-0.4, -0.2) is 29.4 Å². The molecule has 0 saturated carbocycles. The molecule has 1 atom stereocenters. The highest BCUT2D eigenvalue weighted by atomic mass is 16.2. The highest BCUT2D eigenvalue weighted by molar-refractivity contribution is 5.82. The van der Waals surface area contributed by atoms with Crippen LogP contribution in [0.5, 0.6) is 0 Å². The third-order valence-electron chi connectivity index (χ3n) is 3.93. The minimum atomic E-state index is -0.00228. The van der Waals surface area contributed by atoms with E-state index in [1.54, 1.807) is 0 Å². The van der Waals surface area contributed by atoms with Gasteiger partial charge in [-0.15, -0.1) is 0 Å². The molecule has 0 bridgehead atoms. The second-order valence-electron chi connectivity index (χ2n) is 5.90. The van der Waals surface area contributed by atoms with E-state index in [2.05, 4.69) is 50.4 Å². The van der Waals surface area contributed by atoms with Crippen LogP contribution < -0.4 is 5.32 Å². The molecular formula is C17H26N2O. The van der Waals surface area contributed by atoms with Crippen LogP contribution >= 0.6 is 0 Å². The number of likely N-dealkylation sites (tertiary alicyclic amines) is 1. The zero-order chi connectivity index (χ0) is 14.5. The topological polar surface area (TPSA) is 32.3 Å². The Morgan fingerprint density at radius 3 is 2.65 bits per heavy atom. The summed E-state index contributed by atoms with van der Waals surface area (Å²) in [6, 6.07) is 8.79. The molecule has 3 nitrogen and oxygen atoms in total. The van der Waals surface area contributed by atoms with Crippen molar-refractivity contribution >= 4 is 5.91 Å². The van der Waals surface area contributed by atoms with Crippen molar-refractivity contribution in [1.29, 1.82) is 0 Å². The van der Waals surface area contributed by atoms with Gasteiger partial charge in [-0.05, 0) is 30.4 Å². The van der Waals surface area contributed by atoms with E-state index in [0.29, 0.717) is 6.04 Å². The summed E-state index contributed by atoms with van der Waals surface area (Å²) in [5.41, 5.74) is 2.63. The van der Waals surface area contributed by atoms with Gasteiger partial charge in [-0.25, -0.2) is 0 Å². The number of nitrogens with zero attached hydrogens (tertiary/aromatic N) is 1. The van der Waals surface area contributed by atoms with Gasteiger partial charge in [0.05, 0.1) is 6.04 Å². The number of benzene rings is 1. The Bertz CT molecular complexity index is 456. The number of aryl methyl sites for hydroxylation is 1. The maximum Gasteiger partial charge on any atom is 0.240 e. The first-order valence-electron chi connectivity index (χ1n) is 7.73. The number of hydrogen-bond acceptors (Lipinski definition) is 2. The Hall–Kier alpha value is -1.35. The number of rotatable bonds is 5. The average molecular weight is 274 g/mol. The molecule has 0 aromatic heterocycles. The van der Waals surface area contributed by atoms with Crippen molar-refractivity contribution in [3.63, 3.8) is 0 Å². The van der Waals surface area contributed by atoms with Crippen molar-refractivity contribution in [3.05, 3.63) is 35.4 Å². The van der Waals surface area contributed by atoms with E-state index >= 15 is 0 Å². The van der Waals surface area contributed by atoms with Crippen LogP contribution in [0.3, 0.4) is 0 Å². The highest BCUT2D eigenvalue weighted by Crippen LogP contribution is 2.18. The third kappa shape index (κ3) is 3.60. The summed E-state index contributed by atoms with van der Waals surface area (Å²) in [6.07, 6.45) is 3.07. The molecular weight excluding hydrogens is 248 g/mol. The van der Waals surface area contributed by atoms with Gasteiger partial charge in [-0.3, -0.25) is 4.79 Å². The Morgan fingerprint density at radius 2 is 2.00 bits per heavy atom. The highest BCUT2D eigenvalue weighted by Gasteiger charge is 2.28. The Kier molecular flexibility index (Phi) is 5.18. The largest absolute Gasteiger partial charge is 0.337 e. The number of amides is 1. The molecule has 1 N–H and O–H groups in total. The average Bonchev–Trinajstić information content (AvgIpc) is 2.43. The lowest BCUT2D eigenvalue weighted by Crippen LogP contribution is -2.52. The SMILES string of the molecule is CCc1ccccc1CN1CCCC(NC(C)C)C1=O. The van der Waals surface area contributed by atoms with Gasteiger partial charge in [-0.1, -0.05) is 45.0 Å². The van der Waals surface area contributed by atoms with E-state index in [1.165, 1.54) is 11.1 Å². The van der Waals surface area contributed by atoms with Crippen molar-refractivity contribution in [1.82, 2.24) is 10.2 Å². The number of hydrogen-bond donors (Lipinski definition) is 1. The first kappa shape index (κ1) is 15.0. The fourth-order valence-electron chi connectivity index (χ4n) is 2.92. The number of nitrogens with one attached hydrogen (secondary N) is 1. The standard InChI is InChI=1S/C17H26N2O/c1-4-14-8-5-6-9-15(14)12-19-11-7-10-16(17(19)20)18-13(2)3/h5-6,8-9,13,16,18H,4,7,10-12H2,1-3H3. The second kappa shape index (κ2) is 6.89. The molecule has 0 spiro atoms. The molecule has 1 aliphatic heterocycles. The molecule has 2 rings (SSSR count). The molecule has 1 unspecified atom stereocenters. The van der Waals surface area contributed by atoms with E-state index in [0.717, 1.165) is 32.4 Å². The Morgan fingerprint density at radius 1 is 1.30 bits per heavy atom. The summed E-state index contributed by atoms with van der Waals surface area (Å²) in [5.74, 6) is 0.260. The first-order valence-corrected chi connectivity index (χ1v) is 7.73. The predicted molar refractivity (Wildman–Crippen MR) is 82.5 cm³/mol. The van der Waals surface area contributed by atoms with Crippen molar-refractivity contribution in [3.8, 4) is 0 Å². The van der Waals surface area contributed by atoms with Crippen LogP contribution in [0.1, 0.15) is 44.7 Å². The molecule has 0 aliphatic carbocycles. The lowest BCUT2D eigenvalue weighted by molar-refractivity contribution is -0.136. The Balaban J connectivity index is 2.06. The van der Waals surface area contributed by atoms with Crippen LogP contribution in [0.25, 0.3) is 0 Å². The van der Waals surface area contributed by atoms with E-state index in [9.17, 15) is 4.79 Å². The number of piperidine rings is 1. The minimum absolute atomic E-state index is 0.00228. The smallest absolute Gasteiger partial charge is 0.240 e. The molecule has 1 saturated heterocycles. The molecule has 0 radical (unpaired) electrons. The van der Waals surface area contributed by atoms with E-state index < -0.39 is 0 Å². The molecule has 110 valence electrons. The van der Waals surface area contributed by atoms with Gasteiger partial charge < -0.3 is 10.2 Å². The first-order chi connectivity index (χ1) is 9.61. The zero-order valence-corrected chi connectivity index (χ0v) is 12.9. The van der Waals surface area contributed by atoms with Gasteiger partial charge in [0.25, 0.3) is 0 Å². The van der Waals surface area contributed by atoms with Gasteiger partial charge in [0.15, 0.2) is 0 Å². The molecule has 1 aromatic carbocycles. The summed E-state index contributed by atoms with van der Waals surface area (Å²) in [6.45, 7) is 7.99. The van der Waals surface area contributed by atoms with Crippen LogP contribution in [0.2, 0.25) is 0 Å². The van der Waals surface area contributed by atoms with E-state index in [-0.39, 0.29) is 11.9 Å². The summed E-state index contributed by atoms with van der Waals surface area (Å²) in [5, 5.41) is 3.38. The molecule has 3 heteroatoms. The van der Waals surface area contributed by atoms with E-state index in [4.69, 9.17) is 0 Å². The maximum atomic E-state index is 12.5. The lowest BCUT2D eigenvalue weighted by Gasteiger charge is -2.34. The second-order valence-corrected chi connectivity index (χ2v) is 5.90. The minimum Gasteiger partial charge on any atom is -0.337 e. The molecule has 1 heterocycles. The van der Waals surface area contributed by atoms with E-state index in [1.807, 2.05) is 4.90 Å². The molecule has 1 fully saturated rings. The molecule has 1 aromatic rings. The summed E-state index contributed by atoms with van der Waals surface area (Å²) in [7, 11) is 0. The number of carbonyl (C=O) groups excluding carboxylic acids is 1. The monoisotopic (exact) mass is 274 g/mol.